The van der Waals surface area contributed by atoms with Crippen molar-refractivity contribution in [3.8, 4) is 0 Å². The van der Waals surface area contributed by atoms with E-state index >= 15 is 0 Å². The maximum absolute atomic E-state index is 12.6. The molecule has 7 nitrogen and oxygen atoms in total. The predicted molar refractivity (Wildman–Crippen MR) is 91.5 cm³/mol. The number of anilines is 2. The zero-order chi connectivity index (χ0) is 16.7. The number of carbonyl (C=O) groups excluding carboxylic acids is 1. The molecule has 1 amide bonds. The summed E-state index contributed by atoms with van der Waals surface area (Å²) in [5.74, 6) is 0.955. The fourth-order valence-electron chi connectivity index (χ4n) is 2.92. The van der Waals surface area contributed by atoms with Crippen LogP contribution in [0.4, 0.5) is 11.6 Å². The third-order valence-electron chi connectivity index (χ3n) is 4.06. The minimum Gasteiger partial charge on any atom is -0.384 e. The second-order valence-corrected chi connectivity index (χ2v) is 5.64. The number of rotatable bonds is 1. The fourth-order valence-corrected chi connectivity index (χ4v) is 2.92. The number of aryl methyl sites for hydroxylation is 1. The highest BCUT2D eigenvalue weighted by atomic mass is 16.1. The molecule has 0 radical (unpaired) electrons. The van der Waals surface area contributed by atoms with Crippen LogP contribution in [0.15, 0.2) is 41.4 Å². The van der Waals surface area contributed by atoms with Gasteiger partial charge in [-0.15, -0.1) is 0 Å². The van der Waals surface area contributed by atoms with E-state index in [0.717, 1.165) is 29.8 Å². The monoisotopic (exact) mass is 320 g/mol. The summed E-state index contributed by atoms with van der Waals surface area (Å²) in [4.78, 5) is 25.5. The number of nitrogen functional groups attached to an aromatic ring is 1. The van der Waals surface area contributed by atoms with Crippen LogP contribution in [0.1, 0.15) is 16.1 Å². The highest BCUT2D eigenvalue weighted by Gasteiger charge is 2.16. The second-order valence-electron chi connectivity index (χ2n) is 5.64. The topological polar surface area (TPSA) is 98.2 Å². The summed E-state index contributed by atoms with van der Waals surface area (Å²) < 4.78 is 1.93. The lowest BCUT2D eigenvalue weighted by molar-refractivity contribution is 0.0995. The Labute approximate surface area is 137 Å². The molecule has 1 aliphatic rings. The van der Waals surface area contributed by atoms with Gasteiger partial charge in [0.25, 0.3) is 5.91 Å². The molecule has 3 aromatic rings. The van der Waals surface area contributed by atoms with Crippen LogP contribution in [0.25, 0.3) is 10.9 Å². The number of carbonyl (C=O) groups is 1. The molecular formula is C17H16N6O. The van der Waals surface area contributed by atoms with Crippen LogP contribution >= 0.6 is 0 Å². The highest BCUT2D eigenvalue weighted by Crippen LogP contribution is 2.22. The Morgan fingerprint density at radius 2 is 2.08 bits per heavy atom. The Hall–Kier alpha value is -3.22. The first-order valence-corrected chi connectivity index (χ1v) is 7.69. The van der Waals surface area contributed by atoms with Crippen LogP contribution in [0, 0.1) is 6.92 Å². The van der Waals surface area contributed by atoms with Gasteiger partial charge in [0, 0.05) is 18.5 Å². The number of hydrogen-bond donors (Lipinski definition) is 2. The third kappa shape index (κ3) is 2.30. The number of para-hydroxylation sites is 1. The maximum Gasteiger partial charge on any atom is 0.282 e. The van der Waals surface area contributed by atoms with Crippen molar-refractivity contribution >= 4 is 28.4 Å². The summed E-state index contributed by atoms with van der Waals surface area (Å²) in [5.41, 5.74) is 7.83. The SMILES string of the molecule is Cc1nc(N)ccc1C(=O)N=c1nc2ccccc2c2n1CCN2. The van der Waals surface area contributed by atoms with Gasteiger partial charge >= 0.3 is 0 Å². The van der Waals surface area contributed by atoms with Gasteiger partial charge in [-0.25, -0.2) is 9.97 Å². The largest absolute Gasteiger partial charge is 0.384 e. The average molecular weight is 320 g/mol. The zero-order valence-corrected chi connectivity index (χ0v) is 13.2. The summed E-state index contributed by atoms with van der Waals surface area (Å²) >= 11 is 0. The first-order chi connectivity index (χ1) is 11.6. The van der Waals surface area contributed by atoms with E-state index in [-0.39, 0.29) is 5.91 Å². The lowest BCUT2D eigenvalue weighted by atomic mass is 10.2. The predicted octanol–water partition coefficient (Wildman–Crippen LogP) is 1.49. The molecule has 24 heavy (non-hydrogen) atoms. The molecule has 7 heteroatoms. The van der Waals surface area contributed by atoms with Gasteiger partial charge in [-0.05, 0) is 31.2 Å². The minimum absolute atomic E-state index is 0.371. The van der Waals surface area contributed by atoms with Crippen molar-refractivity contribution in [2.75, 3.05) is 17.6 Å². The van der Waals surface area contributed by atoms with E-state index in [1.807, 2.05) is 28.8 Å². The van der Waals surface area contributed by atoms with E-state index in [4.69, 9.17) is 5.73 Å². The smallest absolute Gasteiger partial charge is 0.282 e. The van der Waals surface area contributed by atoms with E-state index in [1.165, 1.54) is 0 Å². The number of nitrogens with zero attached hydrogens (tertiary/aromatic N) is 4. The van der Waals surface area contributed by atoms with Crippen molar-refractivity contribution in [2.24, 2.45) is 4.99 Å². The molecule has 3 N–H and O–H groups in total. The number of nitrogens with two attached hydrogens (primary N) is 1. The highest BCUT2D eigenvalue weighted by molar-refractivity contribution is 5.96. The van der Waals surface area contributed by atoms with E-state index in [0.29, 0.717) is 22.7 Å². The van der Waals surface area contributed by atoms with Crippen LogP contribution < -0.4 is 16.7 Å². The first-order valence-electron chi connectivity index (χ1n) is 7.69. The number of aromatic nitrogens is 3. The van der Waals surface area contributed by atoms with Crippen LogP contribution in [-0.4, -0.2) is 27.0 Å². The number of amides is 1. The van der Waals surface area contributed by atoms with Crippen molar-refractivity contribution in [3.63, 3.8) is 0 Å². The zero-order valence-electron chi connectivity index (χ0n) is 13.2. The molecule has 0 saturated carbocycles. The molecule has 0 bridgehead atoms. The quantitative estimate of drug-likeness (QED) is 0.708. The molecule has 3 heterocycles. The van der Waals surface area contributed by atoms with E-state index < -0.39 is 0 Å². The number of nitrogens with one attached hydrogen (secondary N) is 1. The fraction of sp³-hybridized carbons (Fsp3) is 0.176. The van der Waals surface area contributed by atoms with E-state index in [2.05, 4.69) is 20.3 Å². The number of fused-ring (bicyclic) bond motifs is 3. The van der Waals surface area contributed by atoms with Crippen molar-refractivity contribution in [2.45, 2.75) is 13.5 Å². The van der Waals surface area contributed by atoms with Crippen LogP contribution in [0.5, 0.6) is 0 Å². The normalized spacial score (nSPS) is 13.8. The van der Waals surface area contributed by atoms with Crippen molar-refractivity contribution in [1.29, 1.82) is 0 Å². The molecule has 2 aromatic heterocycles. The van der Waals surface area contributed by atoms with Gasteiger partial charge in [-0.1, -0.05) is 12.1 Å². The number of pyridine rings is 1. The van der Waals surface area contributed by atoms with Gasteiger partial charge < -0.3 is 11.1 Å². The van der Waals surface area contributed by atoms with Gasteiger partial charge in [0.05, 0.1) is 16.8 Å². The van der Waals surface area contributed by atoms with Crippen LogP contribution in [-0.2, 0) is 6.54 Å². The summed E-state index contributed by atoms with van der Waals surface area (Å²) in [6.45, 7) is 3.25. The molecule has 0 spiro atoms. The average Bonchev–Trinajstić information content (AvgIpc) is 3.05. The van der Waals surface area contributed by atoms with Gasteiger partial charge in [0.2, 0.25) is 5.62 Å². The Morgan fingerprint density at radius 1 is 1.25 bits per heavy atom. The molecule has 0 unspecified atom stereocenters. The molecule has 0 fully saturated rings. The van der Waals surface area contributed by atoms with Crippen LogP contribution in [0.2, 0.25) is 0 Å². The summed E-state index contributed by atoms with van der Waals surface area (Å²) in [7, 11) is 0. The molecule has 0 aliphatic carbocycles. The lowest BCUT2D eigenvalue weighted by Gasteiger charge is -2.08. The maximum atomic E-state index is 12.6. The van der Waals surface area contributed by atoms with E-state index in [9.17, 15) is 4.79 Å². The van der Waals surface area contributed by atoms with Crippen molar-refractivity contribution in [3.05, 3.63) is 53.3 Å². The standard InChI is InChI=1S/C17H16N6O/c1-10-11(6-7-14(18)20-10)16(24)22-17-21-13-5-3-2-4-12(13)15-19-8-9-23(15)17/h2-7,19H,8-9H2,1H3,(H2,18,20). The molecule has 1 aliphatic heterocycles. The summed E-state index contributed by atoms with van der Waals surface area (Å²) in [6.07, 6.45) is 0. The summed E-state index contributed by atoms with van der Waals surface area (Å²) in [6, 6.07) is 11.1. The molecule has 4 rings (SSSR count). The Bertz CT molecular complexity index is 1040. The number of benzene rings is 1. The van der Waals surface area contributed by atoms with Gasteiger partial charge in [0.15, 0.2) is 0 Å². The molecule has 1 aromatic carbocycles. The van der Waals surface area contributed by atoms with Gasteiger partial charge in [-0.3, -0.25) is 9.36 Å². The third-order valence-corrected chi connectivity index (χ3v) is 4.06. The van der Waals surface area contributed by atoms with Crippen molar-refractivity contribution in [1.82, 2.24) is 14.5 Å². The second kappa shape index (κ2) is 5.45. The van der Waals surface area contributed by atoms with Crippen LogP contribution in [0.3, 0.4) is 0 Å². The molecular weight excluding hydrogens is 304 g/mol. The van der Waals surface area contributed by atoms with Crippen molar-refractivity contribution < 1.29 is 4.79 Å². The molecule has 0 saturated heterocycles. The Kier molecular flexibility index (Phi) is 3.26. The molecule has 0 atom stereocenters. The first kappa shape index (κ1) is 14.4. The molecule has 120 valence electrons. The summed E-state index contributed by atoms with van der Waals surface area (Å²) in [5, 5.41) is 4.36. The lowest BCUT2D eigenvalue weighted by Crippen LogP contribution is -2.25. The Morgan fingerprint density at radius 3 is 2.92 bits per heavy atom. The van der Waals surface area contributed by atoms with Gasteiger partial charge in [-0.2, -0.15) is 4.99 Å². The minimum atomic E-state index is -0.371. The number of hydrogen-bond acceptors (Lipinski definition) is 5. The Balaban J connectivity index is 1.90. The van der Waals surface area contributed by atoms with Gasteiger partial charge in [0.1, 0.15) is 11.6 Å². The van der Waals surface area contributed by atoms with E-state index in [1.54, 1.807) is 19.1 Å².